The van der Waals surface area contributed by atoms with Gasteiger partial charge in [-0.15, -0.1) is 0 Å². The largest absolute Gasteiger partial charge is 0.444 e. The highest BCUT2D eigenvalue weighted by Gasteiger charge is 2.34. The Hall–Kier alpha value is -1.35. The van der Waals surface area contributed by atoms with Crippen molar-refractivity contribution in [2.24, 2.45) is 4.99 Å². The number of carbonyl (C=O) groups excluding carboxylic acids is 2. The second-order valence-corrected chi connectivity index (χ2v) is 5.71. The lowest BCUT2D eigenvalue weighted by Gasteiger charge is -2.37. The van der Waals surface area contributed by atoms with Crippen LogP contribution in [0.4, 0.5) is 4.79 Å². The molecule has 1 saturated heterocycles. The Morgan fingerprint density at radius 3 is 2.65 bits per heavy atom. The third kappa shape index (κ3) is 4.19. The molecule has 0 aromatic rings. The summed E-state index contributed by atoms with van der Waals surface area (Å²) in [5, 5.41) is 0. The third-order valence-corrected chi connectivity index (χ3v) is 2.64. The summed E-state index contributed by atoms with van der Waals surface area (Å²) in [6.07, 6.45) is 2.85. The SMILES string of the molecule is CC1(N=C=O)CCCN(C(=O)OC(C)(C)C)C1. The highest BCUT2D eigenvalue weighted by atomic mass is 16.6. The fourth-order valence-corrected chi connectivity index (χ4v) is 1.90. The molecular weight excluding hydrogens is 220 g/mol. The van der Waals surface area contributed by atoms with Gasteiger partial charge in [-0.05, 0) is 40.5 Å². The first-order valence-electron chi connectivity index (χ1n) is 5.83. The summed E-state index contributed by atoms with van der Waals surface area (Å²) in [6, 6.07) is 0. The number of piperidine rings is 1. The van der Waals surface area contributed by atoms with E-state index in [4.69, 9.17) is 4.74 Å². The molecule has 1 fully saturated rings. The van der Waals surface area contributed by atoms with E-state index in [2.05, 4.69) is 4.99 Å². The summed E-state index contributed by atoms with van der Waals surface area (Å²) in [7, 11) is 0. The Morgan fingerprint density at radius 2 is 2.12 bits per heavy atom. The fraction of sp³-hybridized carbons (Fsp3) is 0.833. The molecule has 0 radical (unpaired) electrons. The predicted molar refractivity (Wildman–Crippen MR) is 63.6 cm³/mol. The van der Waals surface area contributed by atoms with Crippen molar-refractivity contribution in [2.75, 3.05) is 13.1 Å². The number of hydrogen-bond donors (Lipinski definition) is 0. The molecule has 0 bridgehead atoms. The number of hydrogen-bond acceptors (Lipinski definition) is 4. The first kappa shape index (κ1) is 13.7. The average molecular weight is 240 g/mol. The summed E-state index contributed by atoms with van der Waals surface area (Å²) < 4.78 is 5.30. The zero-order chi connectivity index (χ0) is 13.1. The number of ether oxygens (including phenoxy) is 1. The lowest BCUT2D eigenvalue weighted by molar-refractivity contribution is 0.0153. The quantitative estimate of drug-likeness (QED) is 0.521. The van der Waals surface area contributed by atoms with Gasteiger partial charge in [-0.2, -0.15) is 4.99 Å². The standard InChI is InChI=1S/C12H20N2O3/c1-11(2,3)17-10(16)14-7-5-6-12(4,8-14)13-9-15/h5-8H2,1-4H3. The number of aliphatic imine (C=N–C) groups is 1. The molecule has 0 aliphatic carbocycles. The van der Waals surface area contributed by atoms with Crippen LogP contribution in [0.2, 0.25) is 0 Å². The minimum absolute atomic E-state index is 0.343. The van der Waals surface area contributed by atoms with Gasteiger partial charge in [-0.1, -0.05) is 0 Å². The molecule has 0 spiro atoms. The van der Waals surface area contributed by atoms with E-state index in [1.54, 1.807) is 11.0 Å². The van der Waals surface area contributed by atoms with E-state index in [0.717, 1.165) is 12.8 Å². The van der Waals surface area contributed by atoms with E-state index in [1.165, 1.54) is 0 Å². The van der Waals surface area contributed by atoms with E-state index >= 15 is 0 Å². The molecule has 1 amide bonds. The molecule has 0 aromatic carbocycles. The minimum Gasteiger partial charge on any atom is -0.444 e. The molecule has 0 N–H and O–H groups in total. The molecule has 17 heavy (non-hydrogen) atoms. The van der Waals surface area contributed by atoms with Gasteiger partial charge in [0.2, 0.25) is 6.08 Å². The zero-order valence-corrected chi connectivity index (χ0v) is 10.9. The van der Waals surface area contributed by atoms with Gasteiger partial charge in [0.05, 0.1) is 5.54 Å². The summed E-state index contributed by atoms with van der Waals surface area (Å²) in [5.41, 5.74) is -1.02. The highest BCUT2D eigenvalue weighted by Crippen LogP contribution is 2.25. The molecule has 1 unspecified atom stereocenters. The molecule has 5 nitrogen and oxygen atoms in total. The Morgan fingerprint density at radius 1 is 1.47 bits per heavy atom. The number of amides is 1. The molecule has 1 aliphatic heterocycles. The maximum absolute atomic E-state index is 11.9. The Kier molecular flexibility index (Phi) is 3.94. The molecule has 0 aromatic heterocycles. The fourth-order valence-electron chi connectivity index (χ4n) is 1.90. The highest BCUT2D eigenvalue weighted by molar-refractivity contribution is 5.68. The second kappa shape index (κ2) is 4.88. The van der Waals surface area contributed by atoms with Gasteiger partial charge in [0, 0.05) is 13.1 Å². The van der Waals surface area contributed by atoms with Crippen molar-refractivity contribution >= 4 is 12.2 Å². The van der Waals surface area contributed by atoms with E-state index in [1.807, 2.05) is 27.7 Å². The minimum atomic E-state index is -0.517. The normalized spacial score (nSPS) is 25.1. The first-order valence-corrected chi connectivity index (χ1v) is 5.83. The lowest BCUT2D eigenvalue weighted by Crippen LogP contribution is -2.49. The van der Waals surface area contributed by atoms with Gasteiger partial charge in [0.1, 0.15) is 5.60 Å². The molecule has 0 saturated carbocycles. The number of carbonyl (C=O) groups is 1. The van der Waals surface area contributed by atoms with Gasteiger partial charge in [-0.25, -0.2) is 9.59 Å². The van der Waals surface area contributed by atoms with Gasteiger partial charge < -0.3 is 9.64 Å². The van der Waals surface area contributed by atoms with Crippen LogP contribution in [-0.4, -0.2) is 41.3 Å². The maximum Gasteiger partial charge on any atom is 0.410 e. The molecular formula is C12H20N2O3. The van der Waals surface area contributed by atoms with Crippen LogP contribution in [0.15, 0.2) is 4.99 Å². The van der Waals surface area contributed by atoms with Crippen LogP contribution >= 0.6 is 0 Å². The van der Waals surface area contributed by atoms with Crippen LogP contribution in [-0.2, 0) is 9.53 Å². The maximum atomic E-state index is 11.9. The number of nitrogens with zero attached hydrogens (tertiary/aromatic N) is 2. The lowest BCUT2D eigenvalue weighted by atomic mass is 9.92. The molecule has 5 heteroatoms. The van der Waals surface area contributed by atoms with Crippen molar-refractivity contribution in [3.8, 4) is 0 Å². The van der Waals surface area contributed by atoms with Crippen molar-refractivity contribution in [1.29, 1.82) is 0 Å². The van der Waals surface area contributed by atoms with Crippen LogP contribution in [0, 0.1) is 0 Å². The molecule has 96 valence electrons. The summed E-state index contributed by atoms with van der Waals surface area (Å²) in [5.74, 6) is 0. The van der Waals surface area contributed by atoms with Crippen molar-refractivity contribution < 1.29 is 14.3 Å². The smallest absolute Gasteiger partial charge is 0.410 e. The van der Waals surface area contributed by atoms with Crippen LogP contribution in [0.5, 0.6) is 0 Å². The number of likely N-dealkylation sites (tertiary alicyclic amines) is 1. The van der Waals surface area contributed by atoms with Crippen LogP contribution < -0.4 is 0 Å². The van der Waals surface area contributed by atoms with Crippen LogP contribution in [0.25, 0.3) is 0 Å². The van der Waals surface area contributed by atoms with Gasteiger partial charge >= 0.3 is 6.09 Å². The predicted octanol–water partition coefficient (Wildman–Crippen LogP) is 2.11. The first-order chi connectivity index (χ1) is 7.76. The zero-order valence-electron chi connectivity index (χ0n) is 10.9. The van der Waals surface area contributed by atoms with E-state index < -0.39 is 11.1 Å². The Bertz CT molecular complexity index is 342. The average Bonchev–Trinajstić information content (AvgIpc) is 2.14. The van der Waals surface area contributed by atoms with E-state index in [-0.39, 0.29) is 6.09 Å². The molecule has 1 rings (SSSR count). The van der Waals surface area contributed by atoms with E-state index in [9.17, 15) is 9.59 Å². The van der Waals surface area contributed by atoms with E-state index in [0.29, 0.717) is 13.1 Å². The summed E-state index contributed by atoms with van der Waals surface area (Å²) >= 11 is 0. The number of rotatable bonds is 1. The third-order valence-electron chi connectivity index (χ3n) is 2.64. The Labute approximate surface area is 102 Å². The van der Waals surface area contributed by atoms with Crippen LogP contribution in [0.3, 0.4) is 0 Å². The summed E-state index contributed by atoms with van der Waals surface area (Å²) in [6.45, 7) is 8.41. The van der Waals surface area contributed by atoms with Gasteiger partial charge in [0.15, 0.2) is 0 Å². The molecule has 1 heterocycles. The monoisotopic (exact) mass is 240 g/mol. The van der Waals surface area contributed by atoms with Crippen LogP contribution in [0.1, 0.15) is 40.5 Å². The molecule has 1 atom stereocenters. The topological polar surface area (TPSA) is 59.0 Å². The number of isocyanates is 1. The Balaban J connectivity index is 2.67. The van der Waals surface area contributed by atoms with Gasteiger partial charge in [-0.3, -0.25) is 0 Å². The van der Waals surface area contributed by atoms with Crippen molar-refractivity contribution in [2.45, 2.75) is 51.7 Å². The molecule has 1 aliphatic rings. The van der Waals surface area contributed by atoms with Crippen molar-refractivity contribution in [3.05, 3.63) is 0 Å². The van der Waals surface area contributed by atoms with Crippen molar-refractivity contribution in [1.82, 2.24) is 4.90 Å². The van der Waals surface area contributed by atoms with Gasteiger partial charge in [0.25, 0.3) is 0 Å². The summed E-state index contributed by atoms with van der Waals surface area (Å²) in [4.78, 5) is 27.6. The second-order valence-electron chi connectivity index (χ2n) is 5.71. The van der Waals surface area contributed by atoms with Crippen molar-refractivity contribution in [3.63, 3.8) is 0 Å².